The van der Waals surface area contributed by atoms with Crippen LogP contribution >= 0.6 is 11.3 Å². The summed E-state index contributed by atoms with van der Waals surface area (Å²) in [4.78, 5) is 19.9. The zero-order valence-corrected chi connectivity index (χ0v) is 10.8. The second-order valence-electron chi connectivity index (χ2n) is 3.65. The number of carbonyl (C=O) groups excluding carboxylic acids is 1. The van der Waals surface area contributed by atoms with E-state index in [-0.39, 0.29) is 5.91 Å². The summed E-state index contributed by atoms with van der Waals surface area (Å²) in [7, 11) is 0. The first-order valence-electron chi connectivity index (χ1n) is 5.61. The molecule has 2 N–H and O–H groups in total. The van der Waals surface area contributed by atoms with Gasteiger partial charge in [0.1, 0.15) is 11.5 Å². The molecule has 0 spiro atoms. The van der Waals surface area contributed by atoms with Gasteiger partial charge >= 0.3 is 0 Å². The van der Waals surface area contributed by atoms with Crippen LogP contribution in [0.2, 0.25) is 0 Å². The molecule has 2 rings (SSSR count). The van der Waals surface area contributed by atoms with E-state index in [4.69, 9.17) is 0 Å². The Kier molecular flexibility index (Phi) is 4.25. The Morgan fingerprint density at radius 1 is 1.39 bits per heavy atom. The van der Waals surface area contributed by atoms with Crippen molar-refractivity contribution in [3.63, 3.8) is 0 Å². The van der Waals surface area contributed by atoms with Crippen molar-refractivity contribution in [3.05, 3.63) is 40.5 Å². The van der Waals surface area contributed by atoms with Crippen LogP contribution in [-0.2, 0) is 0 Å². The molecule has 2 heterocycles. The Hall–Kier alpha value is -1.95. The van der Waals surface area contributed by atoms with E-state index in [9.17, 15) is 4.79 Å². The van der Waals surface area contributed by atoms with Crippen molar-refractivity contribution in [2.75, 3.05) is 18.4 Å². The summed E-state index contributed by atoms with van der Waals surface area (Å²) in [6.45, 7) is 3.04. The summed E-state index contributed by atoms with van der Waals surface area (Å²) in [6.07, 6.45) is 1.72. The fourth-order valence-electron chi connectivity index (χ4n) is 1.39. The fourth-order valence-corrected chi connectivity index (χ4v) is 1.99. The number of nitrogens with zero attached hydrogens (tertiary/aromatic N) is 2. The minimum Gasteiger partial charge on any atom is -0.368 e. The molecule has 0 saturated carbocycles. The number of carbonyl (C=O) groups is 1. The molecule has 94 valence electrons. The van der Waals surface area contributed by atoms with E-state index in [2.05, 4.69) is 20.6 Å². The molecule has 0 aliphatic carbocycles. The quantitative estimate of drug-likeness (QED) is 0.805. The van der Waals surface area contributed by atoms with Gasteiger partial charge in [-0.2, -0.15) is 0 Å². The van der Waals surface area contributed by atoms with Gasteiger partial charge in [0.05, 0.1) is 5.01 Å². The second kappa shape index (κ2) is 6.11. The fraction of sp³-hybridized carbons (Fsp3) is 0.250. The Bertz CT molecular complexity index is 512. The van der Waals surface area contributed by atoms with E-state index in [0.717, 1.165) is 10.8 Å². The lowest BCUT2D eigenvalue weighted by Gasteiger charge is -2.05. The molecule has 0 atom stereocenters. The lowest BCUT2D eigenvalue weighted by molar-refractivity contribution is 0.0951. The lowest BCUT2D eigenvalue weighted by atomic mass is 10.4. The van der Waals surface area contributed by atoms with Gasteiger partial charge in [0.15, 0.2) is 0 Å². The third-order valence-corrected chi connectivity index (χ3v) is 3.01. The number of hydrogen-bond acceptors (Lipinski definition) is 5. The van der Waals surface area contributed by atoms with Gasteiger partial charge in [0.25, 0.3) is 5.91 Å². The van der Waals surface area contributed by atoms with Crippen molar-refractivity contribution in [1.82, 2.24) is 15.3 Å². The lowest BCUT2D eigenvalue weighted by Crippen LogP contribution is -2.29. The normalized spacial score (nSPS) is 10.1. The van der Waals surface area contributed by atoms with Gasteiger partial charge in [-0.3, -0.25) is 4.79 Å². The van der Waals surface area contributed by atoms with Gasteiger partial charge in [-0.1, -0.05) is 6.07 Å². The van der Waals surface area contributed by atoms with Crippen LogP contribution in [0, 0.1) is 6.92 Å². The molecule has 1 amide bonds. The van der Waals surface area contributed by atoms with Crippen LogP contribution in [0.15, 0.2) is 29.8 Å². The van der Waals surface area contributed by atoms with Crippen LogP contribution < -0.4 is 10.6 Å². The summed E-state index contributed by atoms with van der Waals surface area (Å²) in [6, 6.07) is 5.65. The molecular formula is C12H14N4OS. The number of anilines is 1. The molecule has 0 bridgehead atoms. The molecule has 0 unspecified atom stereocenters. The highest BCUT2D eigenvalue weighted by Crippen LogP contribution is 2.07. The average Bonchev–Trinajstić information content (AvgIpc) is 2.82. The SMILES string of the molecule is Cc1nc(C(=O)NCCNc2ccccn2)cs1. The Morgan fingerprint density at radius 3 is 2.94 bits per heavy atom. The number of hydrogen-bond donors (Lipinski definition) is 2. The summed E-state index contributed by atoms with van der Waals surface area (Å²) >= 11 is 1.47. The predicted octanol–water partition coefficient (Wildman–Crippen LogP) is 1.69. The molecule has 0 saturated heterocycles. The highest BCUT2D eigenvalue weighted by Gasteiger charge is 2.07. The van der Waals surface area contributed by atoms with Gasteiger partial charge in [0, 0.05) is 24.7 Å². The van der Waals surface area contributed by atoms with Crippen molar-refractivity contribution in [2.24, 2.45) is 0 Å². The molecule has 0 aliphatic heterocycles. The summed E-state index contributed by atoms with van der Waals surface area (Å²) in [5.74, 6) is 0.665. The highest BCUT2D eigenvalue weighted by atomic mass is 32.1. The molecule has 6 heteroatoms. The first kappa shape index (κ1) is 12.5. The van der Waals surface area contributed by atoms with Crippen LogP contribution in [0.25, 0.3) is 0 Å². The van der Waals surface area contributed by atoms with Crippen LogP contribution in [0.3, 0.4) is 0 Å². The number of rotatable bonds is 5. The Labute approximate surface area is 109 Å². The van der Waals surface area contributed by atoms with Gasteiger partial charge in [-0.05, 0) is 19.1 Å². The second-order valence-corrected chi connectivity index (χ2v) is 4.71. The molecule has 0 aliphatic rings. The van der Waals surface area contributed by atoms with E-state index in [1.54, 1.807) is 11.6 Å². The minimum atomic E-state index is -0.137. The molecule has 18 heavy (non-hydrogen) atoms. The molecule has 2 aromatic heterocycles. The van der Waals surface area contributed by atoms with E-state index in [0.29, 0.717) is 18.8 Å². The molecular weight excluding hydrogens is 248 g/mol. The minimum absolute atomic E-state index is 0.137. The van der Waals surface area contributed by atoms with Crippen LogP contribution in [0.4, 0.5) is 5.82 Å². The number of aryl methyl sites for hydroxylation is 1. The third kappa shape index (κ3) is 3.53. The van der Waals surface area contributed by atoms with Crippen molar-refractivity contribution < 1.29 is 4.79 Å². The smallest absolute Gasteiger partial charge is 0.270 e. The van der Waals surface area contributed by atoms with Crippen LogP contribution in [-0.4, -0.2) is 29.0 Å². The van der Waals surface area contributed by atoms with E-state index in [1.165, 1.54) is 11.3 Å². The third-order valence-electron chi connectivity index (χ3n) is 2.23. The van der Waals surface area contributed by atoms with Crippen LogP contribution in [0.5, 0.6) is 0 Å². The number of aromatic nitrogens is 2. The highest BCUT2D eigenvalue weighted by molar-refractivity contribution is 7.09. The Balaban J connectivity index is 1.71. The van der Waals surface area contributed by atoms with Crippen molar-refractivity contribution in [2.45, 2.75) is 6.92 Å². The van der Waals surface area contributed by atoms with Crippen molar-refractivity contribution in [1.29, 1.82) is 0 Å². The zero-order valence-electron chi connectivity index (χ0n) is 10.0. The molecule has 0 aromatic carbocycles. The molecule has 2 aromatic rings. The zero-order chi connectivity index (χ0) is 12.8. The van der Waals surface area contributed by atoms with Crippen molar-refractivity contribution >= 4 is 23.1 Å². The predicted molar refractivity (Wildman–Crippen MR) is 71.9 cm³/mol. The maximum Gasteiger partial charge on any atom is 0.270 e. The summed E-state index contributed by atoms with van der Waals surface area (Å²) in [5, 5.41) is 8.57. The number of pyridine rings is 1. The largest absolute Gasteiger partial charge is 0.368 e. The molecule has 0 fully saturated rings. The molecule has 5 nitrogen and oxygen atoms in total. The van der Waals surface area contributed by atoms with Gasteiger partial charge < -0.3 is 10.6 Å². The Morgan fingerprint density at radius 2 is 2.28 bits per heavy atom. The van der Waals surface area contributed by atoms with Gasteiger partial charge in [-0.25, -0.2) is 9.97 Å². The average molecular weight is 262 g/mol. The summed E-state index contributed by atoms with van der Waals surface area (Å²) < 4.78 is 0. The maximum atomic E-state index is 11.7. The van der Waals surface area contributed by atoms with Gasteiger partial charge in [0.2, 0.25) is 0 Å². The van der Waals surface area contributed by atoms with Crippen molar-refractivity contribution in [3.8, 4) is 0 Å². The number of nitrogens with one attached hydrogen (secondary N) is 2. The molecule has 0 radical (unpaired) electrons. The first-order chi connectivity index (χ1) is 8.75. The topological polar surface area (TPSA) is 66.9 Å². The first-order valence-corrected chi connectivity index (χ1v) is 6.49. The monoisotopic (exact) mass is 262 g/mol. The van der Waals surface area contributed by atoms with Crippen LogP contribution in [0.1, 0.15) is 15.5 Å². The van der Waals surface area contributed by atoms with E-state index >= 15 is 0 Å². The van der Waals surface area contributed by atoms with E-state index in [1.807, 2.05) is 25.1 Å². The number of thiazole rings is 1. The van der Waals surface area contributed by atoms with Gasteiger partial charge in [-0.15, -0.1) is 11.3 Å². The maximum absolute atomic E-state index is 11.7. The number of amides is 1. The van der Waals surface area contributed by atoms with E-state index < -0.39 is 0 Å². The summed E-state index contributed by atoms with van der Waals surface area (Å²) in [5.41, 5.74) is 0.482. The standard InChI is InChI=1S/C12H14N4OS/c1-9-16-10(8-18-9)12(17)15-7-6-14-11-4-2-3-5-13-11/h2-5,8H,6-7H2,1H3,(H,13,14)(H,15,17).